The van der Waals surface area contributed by atoms with E-state index < -0.39 is 0 Å². The zero-order chi connectivity index (χ0) is 6.20. The highest BCUT2D eigenvalue weighted by atomic mass is 14.6. The third-order valence-corrected chi connectivity index (χ3v) is 2.18. The normalized spacial score (nSPS) is 46.1. The van der Waals surface area contributed by atoms with Gasteiger partial charge in [0, 0.05) is 0 Å². The number of hydrogen-bond donors (Lipinski definition) is 1. The molecule has 8 heavy (non-hydrogen) atoms. The predicted octanol–water partition coefficient (Wildman–Crippen LogP) is 1.38. The van der Waals surface area contributed by atoms with Crippen molar-refractivity contribution in [3.63, 3.8) is 0 Å². The van der Waals surface area contributed by atoms with Crippen LogP contribution in [0.25, 0.3) is 0 Å². The molecule has 1 rings (SSSR count). The van der Waals surface area contributed by atoms with Crippen molar-refractivity contribution < 1.29 is 0 Å². The van der Waals surface area contributed by atoms with Gasteiger partial charge in [-0.1, -0.05) is 13.8 Å². The van der Waals surface area contributed by atoms with E-state index in [2.05, 4.69) is 13.8 Å². The van der Waals surface area contributed by atoms with Crippen LogP contribution in [0.3, 0.4) is 0 Å². The highest BCUT2D eigenvalue weighted by molar-refractivity contribution is 4.88. The van der Waals surface area contributed by atoms with E-state index in [4.69, 9.17) is 5.73 Å². The van der Waals surface area contributed by atoms with E-state index in [0.29, 0.717) is 5.41 Å². The average molecular weight is 113 g/mol. The standard InChI is InChI=1S/C7H15N/c1-6-3-7(2,4-6)5-8/h6H,3-5,8H2,1-2H3. The molecule has 48 valence electrons. The molecular formula is C7H15N. The maximum atomic E-state index is 5.53. The van der Waals surface area contributed by atoms with Gasteiger partial charge in [-0.25, -0.2) is 0 Å². The van der Waals surface area contributed by atoms with Crippen molar-refractivity contribution in [2.24, 2.45) is 17.1 Å². The van der Waals surface area contributed by atoms with E-state index in [9.17, 15) is 0 Å². The summed E-state index contributed by atoms with van der Waals surface area (Å²) in [6.45, 7) is 5.43. The van der Waals surface area contributed by atoms with Crippen molar-refractivity contribution in [2.45, 2.75) is 26.7 Å². The Morgan fingerprint density at radius 2 is 2.12 bits per heavy atom. The Kier molecular flexibility index (Phi) is 1.31. The van der Waals surface area contributed by atoms with Gasteiger partial charge in [0.1, 0.15) is 0 Å². The molecule has 0 aliphatic heterocycles. The summed E-state index contributed by atoms with van der Waals surface area (Å²) in [6, 6.07) is 0. The SMILES string of the molecule is CC1CC(C)(CN)C1. The fourth-order valence-corrected chi connectivity index (χ4v) is 1.79. The molecule has 0 spiro atoms. The summed E-state index contributed by atoms with van der Waals surface area (Å²) >= 11 is 0. The lowest BCUT2D eigenvalue weighted by Gasteiger charge is -2.42. The third kappa shape index (κ3) is 0.873. The van der Waals surface area contributed by atoms with Gasteiger partial charge in [0.15, 0.2) is 0 Å². The second-order valence-corrected chi connectivity index (χ2v) is 3.53. The van der Waals surface area contributed by atoms with E-state index >= 15 is 0 Å². The monoisotopic (exact) mass is 113 g/mol. The summed E-state index contributed by atoms with van der Waals surface area (Å²) in [5.74, 6) is 0.934. The molecule has 0 radical (unpaired) electrons. The van der Waals surface area contributed by atoms with Gasteiger partial charge in [-0.15, -0.1) is 0 Å². The first-order chi connectivity index (χ1) is 3.66. The lowest BCUT2D eigenvalue weighted by atomic mass is 9.64. The summed E-state index contributed by atoms with van der Waals surface area (Å²) < 4.78 is 0. The molecule has 1 saturated carbocycles. The van der Waals surface area contributed by atoms with Crippen LogP contribution >= 0.6 is 0 Å². The van der Waals surface area contributed by atoms with Crippen LogP contribution in [0.5, 0.6) is 0 Å². The van der Waals surface area contributed by atoms with Crippen LogP contribution in [0.1, 0.15) is 26.7 Å². The second-order valence-electron chi connectivity index (χ2n) is 3.53. The molecule has 0 aromatic carbocycles. The summed E-state index contributed by atoms with van der Waals surface area (Å²) in [5, 5.41) is 0. The van der Waals surface area contributed by atoms with Gasteiger partial charge in [-0.05, 0) is 30.7 Å². The van der Waals surface area contributed by atoms with E-state index in [0.717, 1.165) is 12.5 Å². The molecule has 2 N–H and O–H groups in total. The molecule has 0 bridgehead atoms. The number of hydrogen-bond acceptors (Lipinski definition) is 1. The van der Waals surface area contributed by atoms with E-state index in [1.807, 2.05) is 0 Å². The van der Waals surface area contributed by atoms with Gasteiger partial charge in [0.2, 0.25) is 0 Å². The van der Waals surface area contributed by atoms with Crippen LogP contribution in [-0.2, 0) is 0 Å². The first kappa shape index (κ1) is 6.09. The van der Waals surface area contributed by atoms with E-state index in [1.54, 1.807) is 0 Å². The molecule has 1 heteroatoms. The molecule has 0 saturated heterocycles. The summed E-state index contributed by atoms with van der Waals surface area (Å²) in [5.41, 5.74) is 6.04. The van der Waals surface area contributed by atoms with Crippen LogP contribution < -0.4 is 5.73 Å². The Balaban J connectivity index is 2.30. The Bertz CT molecular complexity index is 82.4. The van der Waals surface area contributed by atoms with Crippen LogP contribution in [0.4, 0.5) is 0 Å². The first-order valence-corrected chi connectivity index (χ1v) is 3.36. The largest absolute Gasteiger partial charge is 0.330 e. The zero-order valence-electron chi connectivity index (χ0n) is 5.78. The molecule has 0 aromatic heterocycles. The third-order valence-electron chi connectivity index (χ3n) is 2.18. The maximum Gasteiger partial charge on any atom is -0.00230 e. The Morgan fingerprint density at radius 3 is 2.25 bits per heavy atom. The molecule has 0 atom stereocenters. The van der Waals surface area contributed by atoms with Gasteiger partial charge in [-0.3, -0.25) is 0 Å². The lowest BCUT2D eigenvalue weighted by molar-refractivity contribution is 0.0982. The van der Waals surface area contributed by atoms with Crippen molar-refractivity contribution >= 4 is 0 Å². The minimum Gasteiger partial charge on any atom is -0.330 e. The minimum atomic E-state index is 0.513. The molecule has 1 aliphatic rings. The van der Waals surface area contributed by atoms with E-state index in [1.165, 1.54) is 12.8 Å². The lowest BCUT2D eigenvalue weighted by Crippen LogP contribution is -2.39. The first-order valence-electron chi connectivity index (χ1n) is 3.36. The summed E-state index contributed by atoms with van der Waals surface area (Å²) in [4.78, 5) is 0. The molecule has 0 heterocycles. The Labute approximate surface area is 51.3 Å². The maximum absolute atomic E-state index is 5.53. The van der Waals surface area contributed by atoms with Crippen molar-refractivity contribution in [3.05, 3.63) is 0 Å². The molecule has 1 nitrogen and oxygen atoms in total. The molecule has 1 aliphatic carbocycles. The molecule has 0 unspecified atom stereocenters. The molecular weight excluding hydrogens is 98.1 g/mol. The number of rotatable bonds is 1. The van der Waals surface area contributed by atoms with Crippen LogP contribution in [0.2, 0.25) is 0 Å². The molecule has 0 aromatic rings. The summed E-state index contributed by atoms with van der Waals surface area (Å²) in [7, 11) is 0. The van der Waals surface area contributed by atoms with E-state index in [-0.39, 0.29) is 0 Å². The van der Waals surface area contributed by atoms with Crippen molar-refractivity contribution in [1.29, 1.82) is 0 Å². The van der Waals surface area contributed by atoms with Gasteiger partial charge in [-0.2, -0.15) is 0 Å². The highest BCUT2D eigenvalue weighted by Gasteiger charge is 2.35. The van der Waals surface area contributed by atoms with Crippen LogP contribution in [-0.4, -0.2) is 6.54 Å². The van der Waals surface area contributed by atoms with Crippen molar-refractivity contribution in [3.8, 4) is 0 Å². The fourth-order valence-electron chi connectivity index (χ4n) is 1.79. The van der Waals surface area contributed by atoms with Gasteiger partial charge in [0.05, 0.1) is 0 Å². The second kappa shape index (κ2) is 1.73. The highest BCUT2D eigenvalue weighted by Crippen LogP contribution is 2.43. The quantitative estimate of drug-likeness (QED) is 0.546. The predicted molar refractivity (Wildman–Crippen MR) is 35.6 cm³/mol. The topological polar surface area (TPSA) is 26.0 Å². The Morgan fingerprint density at radius 1 is 1.62 bits per heavy atom. The average Bonchev–Trinajstić information content (AvgIpc) is 1.63. The number of nitrogens with two attached hydrogens (primary N) is 1. The van der Waals surface area contributed by atoms with Crippen molar-refractivity contribution in [1.82, 2.24) is 0 Å². The molecule has 1 fully saturated rings. The van der Waals surface area contributed by atoms with Gasteiger partial charge >= 0.3 is 0 Å². The van der Waals surface area contributed by atoms with Gasteiger partial charge < -0.3 is 5.73 Å². The molecule has 0 amide bonds. The van der Waals surface area contributed by atoms with Crippen LogP contribution in [0, 0.1) is 11.3 Å². The summed E-state index contributed by atoms with van der Waals surface area (Å²) in [6.07, 6.45) is 2.67. The fraction of sp³-hybridized carbons (Fsp3) is 1.00. The van der Waals surface area contributed by atoms with Crippen LogP contribution in [0.15, 0.2) is 0 Å². The Hall–Kier alpha value is -0.0400. The smallest absolute Gasteiger partial charge is 0.00230 e. The minimum absolute atomic E-state index is 0.513. The van der Waals surface area contributed by atoms with Gasteiger partial charge in [0.25, 0.3) is 0 Å². The zero-order valence-corrected chi connectivity index (χ0v) is 5.78. The van der Waals surface area contributed by atoms with Crippen molar-refractivity contribution in [2.75, 3.05) is 6.54 Å².